The number of aryl methyl sites for hydroxylation is 2. The van der Waals surface area contributed by atoms with E-state index in [9.17, 15) is 4.79 Å². The zero-order valence-corrected chi connectivity index (χ0v) is 14.6. The van der Waals surface area contributed by atoms with Crippen molar-refractivity contribution in [1.29, 1.82) is 0 Å². The van der Waals surface area contributed by atoms with Crippen molar-refractivity contribution in [2.24, 2.45) is 5.92 Å². The van der Waals surface area contributed by atoms with Crippen molar-refractivity contribution in [3.8, 4) is 0 Å². The minimum absolute atomic E-state index is 0.118. The molecule has 1 aromatic rings. The Morgan fingerprint density at radius 1 is 1.43 bits per heavy atom. The molecule has 0 aromatic carbocycles. The van der Waals surface area contributed by atoms with Crippen molar-refractivity contribution in [3.63, 3.8) is 0 Å². The molecule has 21 heavy (non-hydrogen) atoms. The van der Waals surface area contributed by atoms with Gasteiger partial charge in [-0.3, -0.25) is 9.69 Å². The fourth-order valence-electron chi connectivity index (χ4n) is 2.81. The zero-order chi connectivity index (χ0) is 15.6. The molecule has 0 bridgehead atoms. The maximum absolute atomic E-state index is 12.3. The number of likely N-dealkylation sites (tertiary alicyclic amines) is 1. The molecule has 1 aliphatic rings. The molecule has 0 spiro atoms. The number of carbonyl (C=O) groups excluding carboxylic acids is 1. The Labute approximate surface area is 132 Å². The first kappa shape index (κ1) is 16.4. The summed E-state index contributed by atoms with van der Waals surface area (Å²) in [5.41, 5.74) is 0.990. The van der Waals surface area contributed by atoms with Crippen molar-refractivity contribution in [2.75, 3.05) is 13.1 Å². The molecule has 0 saturated carbocycles. The highest BCUT2D eigenvalue weighted by Crippen LogP contribution is 2.23. The SMILES string of the molecule is Cc1nc(C)c(CN2CCCC(C(=O)NC(C)(C)C)C2)s1. The van der Waals surface area contributed by atoms with Crippen molar-refractivity contribution in [1.82, 2.24) is 15.2 Å². The molecule has 1 atom stereocenters. The number of nitrogens with zero attached hydrogens (tertiary/aromatic N) is 2. The molecule has 2 rings (SSSR count). The van der Waals surface area contributed by atoms with Crippen LogP contribution in [0.4, 0.5) is 0 Å². The van der Waals surface area contributed by atoms with Gasteiger partial charge in [0.05, 0.1) is 16.6 Å². The predicted molar refractivity (Wildman–Crippen MR) is 87.5 cm³/mol. The minimum Gasteiger partial charge on any atom is -0.351 e. The molecule has 1 N–H and O–H groups in total. The quantitative estimate of drug-likeness (QED) is 0.934. The normalized spacial score (nSPS) is 20.5. The van der Waals surface area contributed by atoms with Gasteiger partial charge in [-0.2, -0.15) is 0 Å². The number of thiazole rings is 1. The first-order valence-electron chi connectivity index (χ1n) is 7.72. The van der Waals surface area contributed by atoms with E-state index in [4.69, 9.17) is 0 Å². The second-order valence-electron chi connectivity index (χ2n) is 7.05. The molecule has 1 fully saturated rings. The highest BCUT2D eigenvalue weighted by Gasteiger charge is 2.28. The summed E-state index contributed by atoms with van der Waals surface area (Å²) in [5, 5.41) is 4.24. The van der Waals surface area contributed by atoms with E-state index < -0.39 is 0 Å². The Balaban J connectivity index is 1.94. The van der Waals surface area contributed by atoms with Crippen LogP contribution >= 0.6 is 11.3 Å². The first-order valence-corrected chi connectivity index (χ1v) is 8.53. The van der Waals surface area contributed by atoms with Gasteiger partial charge in [0.25, 0.3) is 0 Å². The van der Waals surface area contributed by atoms with Crippen LogP contribution in [-0.4, -0.2) is 34.4 Å². The second kappa shape index (κ2) is 6.44. The first-order chi connectivity index (χ1) is 9.74. The summed E-state index contributed by atoms with van der Waals surface area (Å²) in [4.78, 5) is 20.6. The summed E-state index contributed by atoms with van der Waals surface area (Å²) in [6, 6.07) is 0. The Morgan fingerprint density at radius 2 is 2.14 bits per heavy atom. The van der Waals surface area contributed by atoms with E-state index in [0.717, 1.165) is 43.2 Å². The van der Waals surface area contributed by atoms with Crippen molar-refractivity contribution in [2.45, 2.75) is 59.5 Å². The number of hydrogen-bond acceptors (Lipinski definition) is 4. The van der Waals surface area contributed by atoms with Gasteiger partial charge in [0, 0.05) is 23.5 Å². The van der Waals surface area contributed by atoms with Crippen LogP contribution in [0.3, 0.4) is 0 Å². The Kier molecular flexibility index (Phi) is 5.04. The van der Waals surface area contributed by atoms with E-state index in [1.807, 2.05) is 20.8 Å². The third kappa shape index (κ3) is 4.78. The smallest absolute Gasteiger partial charge is 0.224 e. The molecule has 5 heteroatoms. The topological polar surface area (TPSA) is 45.2 Å². The van der Waals surface area contributed by atoms with E-state index in [1.165, 1.54) is 4.88 Å². The van der Waals surface area contributed by atoms with Crippen LogP contribution in [-0.2, 0) is 11.3 Å². The monoisotopic (exact) mass is 309 g/mol. The van der Waals surface area contributed by atoms with E-state index in [-0.39, 0.29) is 17.4 Å². The van der Waals surface area contributed by atoms with E-state index in [2.05, 4.69) is 29.0 Å². The lowest BCUT2D eigenvalue weighted by atomic mass is 9.95. The largest absolute Gasteiger partial charge is 0.351 e. The fraction of sp³-hybridized carbons (Fsp3) is 0.750. The lowest BCUT2D eigenvalue weighted by Crippen LogP contribution is -2.48. The number of piperidine rings is 1. The Bertz CT molecular complexity index is 504. The number of nitrogens with one attached hydrogen (secondary N) is 1. The number of carbonyl (C=O) groups is 1. The van der Waals surface area contributed by atoms with Gasteiger partial charge in [-0.15, -0.1) is 11.3 Å². The number of rotatable bonds is 3. The maximum atomic E-state index is 12.3. The van der Waals surface area contributed by atoms with Crippen LogP contribution < -0.4 is 5.32 Å². The number of aromatic nitrogens is 1. The second-order valence-corrected chi connectivity index (χ2v) is 8.34. The molecule has 1 saturated heterocycles. The predicted octanol–water partition coefficient (Wildman–Crippen LogP) is 2.89. The highest BCUT2D eigenvalue weighted by atomic mass is 32.1. The van der Waals surface area contributed by atoms with Crippen LogP contribution in [0.15, 0.2) is 0 Å². The summed E-state index contributed by atoms with van der Waals surface area (Å²) in [7, 11) is 0. The fourth-order valence-corrected chi connectivity index (χ4v) is 3.79. The third-order valence-corrected chi connectivity index (χ3v) is 4.80. The summed E-state index contributed by atoms with van der Waals surface area (Å²) >= 11 is 1.77. The zero-order valence-electron chi connectivity index (χ0n) is 13.8. The van der Waals surface area contributed by atoms with Gasteiger partial charge in [0.2, 0.25) is 5.91 Å². The molecular formula is C16H27N3OS. The van der Waals surface area contributed by atoms with Crippen molar-refractivity contribution in [3.05, 3.63) is 15.6 Å². The van der Waals surface area contributed by atoms with Crippen molar-refractivity contribution >= 4 is 17.2 Å². The van der Waals surface area contributed by atoms with Crippen LogP contribution in [0.1, 0.15) is 49.2 Å². The summed E-state index contributed by atoms with van der Waals surface area (Å²) in [5.74, 6) is 0.316. The summed E-state index contributed by atoms with van der Waals surface area (Å²) in [6.45, 7) is 13.1. The van der Waals surface area contributed by atoms with Crippen LogP contribution in [0.5, 0.6) is 0 Å². The molecule has 118 valence electrons. The average Bonchev–Trinajstić information content (AvgIpc) is 2.66. The van der Waals surface area contributed by atoms with Gasteiger partial charge in [-0.25, -0.2) is 4.98 Å². The molecular weight excluding hydrogens is 282 g/mol. The van der Waals surface area contributed by atoms with Gasteiger partial charge in [-0.05, 0) is 54.0 Å². The Hall–Kier alpha value is -0.940. The van der Waals surface area contributed by atoms with Crippen LogP contribution in [0.2, 0.25) is 0 Å². The standard InChI is InChI=1S/C16H27N3OS/c1-11-14(21-12(2)17-11)10-19-8-6-7-13(9-19)15(20)18-16(3,4)5/h13H,6-10H2,1-5H3,(H,18,20). The van der Waals surface area contributed by atoms with Gasteiger partial charge in [0.15, 0.2) is 0 Å². The molecule has 1 aliphatic heterocycles. The Morgan fingerprint density at radius 3 is 2.71 bits per heavy atom. The molecule has 1 unspecified atom stereocenters. The van der Waals surface area contributed by atoms with E-state index in [1.54, 1.807) is 11.3 Å². The van der Waals surface area contributed by atoms with E-state index in [0.29, 0.717) is 0 Å². The number of hydrogen-bond donors (Lipinski definition) is 1. The average molecular weight is 309 g/mol. The highest BCUT2D eigenvalue weighted by molar-refractivity contribution is 7.11. The molecule has 2 heterocycles. The molecule has 0 aliphatic carbocycles. The lowest BCUT2D eigenvalue weighted by molar-refractivity contribution is -0.128. The number of amides is 1. The van der Waals surface area contributed by atoms with Gasteiger partial charge in [-0.1, -0.05) is 0 Å². The summed E-state index contributed by atoms with van der Waals surface area (Å²) in [6.07, 6.45) is 2.10. The van der Waals surface area contributed by atoms with Gasteiger partial charge < -0.3 is 5.32 Å². The minimum atomic E-state index is -0.148. The molecule has 4 nitrogen and oxygen atoms in total. The maximum Gasteiger partial charge on any atom is 0.224 e. The summed E-state index contributed by atoms with van der Waals surface area (Å²) < 4.78 is 0. The molecule has 1 aromatic heterocycles. The van der Waals surface area contributed by atoms with Crippen LogP contribution in [0.25, 0.3) is 0 Å². The lowest BCUT2D eigenvalue weighted by Gasteiger charge is -2.33. The van der Waals surface area contributed by atoms with Crippen LogP contribution in [0, 0.1) is 19.8 Å². The third-order valence-electron chi connectivity index (χ3n) is 3.74. The molecule has 0 radical (unpaired) electrons. The van der Waals surface area contributed by atoms with Gasteiger partial charge in [0.1, 0.15) is 0 Å². The van der Waals surface area contributed by atoms with E-state index >= 15 is 0 Å². The molecule has 1 amide bonds. The van der Waals surface area contributed by atoms with Gasteiger partial charge >= 0.3 is 0 Å². The van der Waals surface area contributed by atoms with Crippen molar-refractivity contribution < 1.29 is 4.79 Å².